The molecule has 0 aliphatic heterocycles. The number of ether oxygens (including phenoxy) is 1. The van der Waals surface area contributed by atoms with Crippen molar-refractivity contribution in [2.75, 3.05) is 7.11 Å². The first-order valence-electron chi connectivity index (χ1n) is 6.30. The maximum absolute atomic E-state index is 5.17. The fourth-order valence-corrected chi connectivity index (χ4v) is 2.51. The quantitative estimate of drug-likeness (QED) is 0.760. The summed E-state index contributed by atoms with van der Waals surface area (Å²) in [7, 11) is 1.70. The summed E-state index contributed by atoms with van der Waals surface area (Å²) in [5, 5.41) is 0. The van der Waals surface area contributed by atoms with Gasteiger partial charge in [0.2, 0.25) is 0 Å². The van der Waals surface area contributed by atoms with Crippen LogP contribution < -0.4 is 4.74 Å². The predicted molar refractivity (Wildman–Crippen MR) is 75.6 cm³/mol. The van der Waals surface area contributed by atoms with Crippen LogP contribution >= 0.6 is 0 Å². The van der Waals surface area contributed by atoms with Gasteiger partial charge < -0.3 is 4.74 Å². The van der Waals surface area contributed by atoms with Gasteiger partial charge in [-0.1, -0.05) is 42.5 Å². The topological polar surface area (TPSA) is 9.23 Å². The molecule has 1 heteroatoms. The molecule has 0 unspecified atom stereocenters. The zero-order valence-corrected chi connectivity index (χ0v) is 10.5. The van der Waals surface area contributed by atoms with Crippen molar-refractivity contribution in [3.8, 4) is 5.75 Å². The third-order valence-electron chi connectivity index (χ3n) is 3.48. The summed E-state index contributed by atoms with van der Waals surface area (Å²) in [6.45, 7) is 0. The monoisotopic (exact) mass is 236 g/mol. The van der Waals surface area contributed by atoms with Crippen molar-refractivity contribution in [2.45, 2.75) is 12.8 Å². The Bertz CT molecular complexity index is 579. The molecule has 2 aromatic rings. The van der Waals surface area contributed by atoms with Crippen molar-refractivity contribution in [1.29, 1.82) is 0 Å². The van der Waals surface area contributed by atoms with E-state index in [4.69, 9.17) is 4.74 Å². The Morgan fingerprint density at radius 1 is 0.944 bits per heavy atom. The van der Waals surface area contributed by atoms with Crippen molar-refractivity contribution in [3.05, 3.63) is 65.2 Å². The standard InChI is InChI=1S/C17H16O/c1-18-16-10-6-13(7-11-16)12-15-9-8-14-4-2-3-5-17(14)15/h2-7,10-12H,8-9H2,1H3/b15-12-. The molecule has 0 spiro atoms. The van der Waals surface area contributed by atoms with E-state index in [0.29, 0.717) is 0 Å². The molecule has 0 radical (unpaired) electrons. The van der Waals surface area contributed by atoms with Crippen LogP contribution in [0.3, 0.4) is 0 Å². The van der Waals surface area contributed by atoms with Gasteiger partial charge in [0.15, 0.2) is 0 Å². The van der Waals surface area contributed by atoms with Crippen LogP contribution in [0.1, 0.15) is 23.1 Å². The number of hydrogen-bond donors (Lipinski definition) is 0. The molecule has 1 nitrogen and oxygen atoms in total. The van der Waals surface area contributed by atoms with Gasteiger partial charge in [-0.05, 0) is 47.2 Å². The Morgan fingerprint density at radius 3 is 2.50 bits per heavy atom. The molecule has 0 heterocycles. The molecule has 0 N–H and O–H groups in total. The number of hydrogen-bond acceptors (Lipinski definition) is 1. The molecule has 3 rings (SSSR count). The Morgan fingerprint density at radius 2 is 1.72 bits per heavy atom. The molecule has 0 saturated heterocycles. The molecule has 1 aliphatic rings. The maximum Gasteiger partial charge on any atom is 0.118 e. The highest BCUT2D eigenvalue weighted by molar-refractivity contribution is 5.85. The Kier molecular flexibility index (Phi) is 2.89. The Labute approximate surface area is 108 Å². The molecule has 0 fully saturated rings. The SMILES string of the molecule is COc1ccc(/C=C2/CCc3ccccc32)cc1. The van der Waals surface area contributed by atoms with Crippen LogP contribution in [0.25, 0.3) is 11.6 Å². The minimum Gasteiger partial charge on any atom is -0.497 e. The van der Waals surface area contributed by atoms with Crippen LogP contribution in [0.4, 0.5) is 0 Å². The number of benzene rings is 2. The van der Waals surface area contributed by atoms with Gasteiger partial charge in [0.1, 0.15) is 5.75 Å². The van der Waals surface area contributed by atoms with Gasteiger partial charge in [0.05, 0.1) is 7.11 Å². The average molecular weight is 236 g/mol. The first-order chi connectivity index (χ1) is 8.86. The highest BCUT2D eigenvalue weighted by atomic mass is 16.5. The lowest BCUT2D eigenvalue weighted by Gasteiger charge is -2.02. The second-order valence-electron chi connectivity index (χ2n) is 4.60. The number of fused-ring (bicyclic) bond motifs is 1. The summed E-state index contributed by atoms with van der Waals surface area (Å²) in [4.78, 5) is 0. The predicted octanol–water partition coefficient (Wildman–Crippen LogP) is 4.18. The molecule has 0 bridgehead atoms. The van der Waals surface area contributed by atoms with E-state index in [-0.39, 0.29) is 0 Å². The van der Waals surface area contributed by atoms with E-state index in [9.17, 15) is 0 Å². The van der Waals surface area contributed by atoms with Crippen LogP contribution in [-0.4, -0.2) is 7.11 Å². The van der Waals surface area contributed by atoms with E-state index in [2.05, 4.69) is 42.5 Å². The van der Waals surface area contributed by atoms with Crippen LogP contribution in [0.15, 0.2) is 48.5 Å². The fourth-order valence-electron chi connectivity index (χ4n) is 2.51. The molecule has 18 heavy (non-hydrogen) atoms. The summed E-state index contributed by atoms with van der Waals surface area (Å²) >= 11 is 0. The van der Waals surface area contributed by atoms with Gasteiger partial charge in [-0.2, -0.15) is 0 Å². The lowest BCUT2D eigenvalue weighted by molar-refractivity contribution is 0.415. The largest absolute Gasteiger partial charge is 0.497 e. The highest BCUT2D eigenvalue weighted by Gasteiger charge is 2.14. The first-order valence-corrected chi connectivity index (χ1v) is 6.30. The van der Waals surface area contributed by atoms with Crippen molar-refractivity contribution in [3.63, 3.8) is 0 Å². The second-order valence-corrected chi connectivity index (χ2v) is 4.60. The van der Waals surface area contributed by atoms with Crippen LogP contribution in [0, 0.1) is 0 Å². The maximum atomic E-state index is 5.17. The van der Waals surface area contributed by atoms with Crippen LogP contribution in [-0.2, 0) is 6.42 Å². The van der Waals surface area contributed by atoms with Crippen molar-refractivity contribution in [1.82, 2.24) is 0 Å². The molecule has 0 saturated carbocycles. The number of aryl methyl sites for hydroxylation is 1. The highest BCUT2D eigenvalue weighted by Crippen LogP contribution is 2.33. The molecule has 0 atom stereocenters. The second kappa shape index (κ2) is 4.69. The summed E-state index contributed by atoms with van der Waals surface area (Å²) < 4.78 is 5.17. The van der Waals surface area contributed by atoms with E-state index in [1.165, 1.54) is 22.3 Å². The number of allylic oxidation sites excluding steroid dienone is 1. The van der Waals surface area contributed by atoms with Crippen molar-refractivity contribution < 1.29 is 4.74 Å². The van der Waals surface area contributed by atoms with Gasteiger partial charge in [-0.3, -0.25) is 0 Å². The smallest absolute Gasteiger partial charge is 0.118 e. The zero-order chi connectivity index (χ0) is 12.4. The third kappa shape index (κ3) is 2.04. The summed E-state index contributed by atoms with van der Waals surface area (Å²) in [5.41, 5.74) is 5.56. The van der Waals surface area contributed by atoms with Gasteiger partial charge in [0, 0.05) is 0 Å². The van der Waals surface area contributed by atoms with Crippen LogP contribution in [0.5, 0.6) is 5.75 Å². The van der Waals surface area contributed by atoms with Crippen molar-refractivity contribution in [2.24, 2.45) is 0 Å². The summed E-state index contributed by atoms with van der Waals surface area (Å²) in [6, 6.07) is 16.9. The van der Waals surface area contributed by atoms with E-state index in [0.717, 1.165) is 18.6 Å². The molecule has 90 valence electrons. The van der Waals surface area contributed by atoms with E-state index >= 15 is 0 Å². The van der Waals surface area contributed by atoms with Gasteiger partial charge in [-0.15, -0.1) is 0 Å². The summed E-state index contributed by atoms with van der Waals surface area (Å²) in [6.07, 6.45) is 4.59. The fraction of sp³-hybridized carbons (Fsp3) is 0.176. The Balaban J connectivity index is 1.93. The molecular weight excluding hydrogens is 220 g/mol. The third-order valence-corrected chi connectivity index (χ3v) is 3.48. The van der Waals surface area contributed by atoms with E-state index < -0.39 is 0 Å². The van der Waals surface area contributed by atoms with Crippen LogP contribution in [0.2, 0.25) is 0 Å². The molecule has 2 aromatic carbocycles. The lowest BCUT2D eigenvalue weighted by Crippen LogP contribution is -1.82. The normalized spacial score (nSPS) is 15.7. The van der Waals surface area contributed by atoms with Gasteiger partial charge in [0.25, 0.3) is 0 Å². The lowest BCUT2D eigenvalue weighted by atomic mass is 10.0. The van der Waals surface area contributed by atoms with Gasteiger partial charge in [-0.25, -0.2) is 0 Å². The van der Waals surface area contributed by atoms with E-state index in [1.54, 1.807) is 7.11 Å². The van der Waals surface area contributed by atoms with Gasteiger partial charge >= 0.3 is 0 Å². The first kappa shape index (κ1) is 11.1. The minimum atomic E-state index is 0.906. The zero-order valence-electron chi connectivity index (χ0n) is 10.5. The average Bonchev–Trinajstić information content (AvgIpc) is 2.83. The molecular formula is C17H16O. The number of methoxy groups -OCH3 is 1. The molecule has 1 aliphatic carbocycles. The van der Waals surface area contributed by atoms with Crippen molar-refractivity contribution >= 4 is 11.6 Å². The summed E-state index contributed by atoms with van der Waals surface area (Å²) in [5.74, 6) is 0.906. The molecule has 0 amide bonds. The number of rotatable bonds is 2. The minimum absolute atomic E-state index is 0.906. The Hall–Kier alpha value is -2.02. The molecule has 0 aromatic heterocycles. The van der Waals surface area contributed by atoms with E-state index in [1.807, 2.05) is 12.1 Å².